The summed E-state index contributed by atoms with van der Waals surface area (Å²) in [5.41, 5.74) is -0.0302. The molecule has 0 aliphatic heterocycles. The van der Waals surface area contributed by atoms with E-state index in [1.807, 2.05) is 6.92 Å². The Balaban J connectivity index is 2.72. The number of halogens is 1. The van der Waals surface area contributed by atoms with Gasteiger partial charge < -0.3 is 10.1 Å². The van der Waals surface area contributed by atoms with E-state index in [2.05, 4.69) is 5.32 Å². The number of non-ortho nitro benzene ring substituents is 1. The molecule has 1 N–H and O–H groups in total. The number of nitro benzene ring substituents is 1. The van der Waals surface area contributed by atoms with E-state index in [4.69, 9.17) is 4.74 Å². The number of nitro groups is 1. The van der Waals surface area contributed by atoms with Crippen LogP contribution >= 0.6 is 0 Å². The zero-order chi connectivity index (χ0) is 12.1. The van der Waals surface area contributed by atoms with Crippen LogP contribution in [0.3, 0.4) is 0 Å². The van der Waals surface area contributed by atoms with Crippen LogP contribution in [0.4, 0.5) is 15.8 Å². The number of anilines is 1. The van der Waals surface area contributed by atoms with E-state index in [9.17, 15) is 14.5 Å². The van der Waals surface area contributed by atoms with Gasteiger partial charge in [0, 0.05) is 19.7 Å². The molecule has 1 unspecified atom stereocenters. The van der Waals surface area contributed by atoms with E-state index in [1.54, 1.807) is 7.11 Å². The molecule has 0 spiro atoms. The van der Waals surface area contributed by atoms with Crippen LogP contribution in [-0.4, -0.2) is 24.7 Å². The van der Waals surface area contributed by atoms with Gasteiger partial charge in [0.2, 0.25) is 0 Å². The van der Waals surface area contributed by atoms with Crippen molar-refractivity contribution >= 4 is 11.4 Å². The Kier molecular flexibility index (Phi) is 4.19. The fraction of sp³-hybridized carbons (Fsp3) is 0.400. The van der Waals surface area contributed by atoms with Gasteiger partial charge in [0.25, 0.3) is 5.69 Å². The number of rotatable bonds is 5. The average Bonchev–Trinajstić information content (AvgIpc) is 2.26. The Hall–Kier alpha value is -1.69. The molecular weight excluding hydrogens is 215 g/mol. The third-order valence-corrected chi connectivity index (χ3v) is 2.15. The van der Waals surface area contributed by atoms with Gasteiger partial charge in [0.05, 0.1) is 22.8 Å². The first-order valence-electron chi connectivity index (χ1n) is 4.75. The molecule has 0 amide bonds. The summed E-state index contributed by atoms with van der Waals surface area (Å²) in [6.07, 6.45) is -0.0606. The first-order valence-corrected chi connectivity index (χ1v) is 4.75. The molecule has 0 heterocycles. The number of methoxy groups -OCH3 is 1. The van der Waals surface area contributed by atoms with E-state index in [0.717, 1.165) is 6.07 Å². The Morgan fingerprint density at radius 3 is 2.81 bits per heavy atom. The molecule has 1 rings (SSSR count). The Morgan fingerprint density at radius 1 is 1.62 bits per heavy atom. The molecule has 88 valence electrons. The number of nitrogens with one attached hydrogen (secondary N) is 1. The van der Waals surface area contributed by atoms with Crippen LogP contribution in [0.1, 0.15) is 6.92 Å². The maximum absolute atomic E-state index is 13.4. The standard InChI is InChI=1S/C10H13FN2O3/c1-7(16-2)6-12-10-4-3-8(13(14)15)5-9(10)11/h3-5,7,12H,6H2,1-2H3. The minimum absolute atomic E-state index is 0.0606. The second-order valence-electron chi connectivity index (χ2n) is 3.35. The van der Waals surface area contributed by atoms with Gasteiger partial charge in [-0.25, -0.2) is 4.39 Å². The van der Waals surface area contributed by atoms with E-state index in [-0.39, 0.29) is 17.5 Å². The van der Waals surface area contributed by atoms with Crippen LogP contribution in [0.25, 0.3) is 0 Å². The molecule has 0 bridgehead atoms. The van der Waals surface area contributed by atoms with Gasteiger partial charge in [-0.15, -0.1) is 0 Å². The quantitative estimate of drug-likeness (QED) is 0.619. The number of nitrogens with zero attached hydrogens (tertiary/aromatic N) is 1. The highest BCUT2D eigenvalue weighted by atomic mass is 19.1. The fourth-order valence-corrected chi connectivity index (χ4v) is 1.10. The second kappa shape index (κ2) is 5.41. The lowest BCUT2D eigenvalue weighted by molar-refractivity contribution is -0.385. The molecule has 5 nitrogen and oxygen atoms in total. The summed E-state index contributed by atoms with van der Waals surface area (Å²) in [5, 5.41) is 13.2. The van der Waals surface area contributed by atoms with E-state index in [1.165, 1.54) is 12.1 Å². The normalized spacial score (nSPS) is 12.2. The van der Waals surface area contributed by atoms with Crippen LogP contribution < -0.4 is 5.32 Å². The molecule has 0 fully saturated rings. The highest BCUT2D eigenvalue weighted by molar-refractivity contribution is 5.50. The molecule has 1 aromatic rings. The van der Waals surface area contributed by atoms with Crippen LogP contribution in [0.2, 0.25) is 0 Å². The van der Waals surface area contributed by atoms with Crippen molar-refractivity contribution < 1.29 is 14.1 Å². The molecule has 1 aromatic carbocycles. The first kappa shape index (κ1) is 12.4. The van der Waals surface area contributed by atoms with Crippen molar-refractivity contribution in [1.29, 1.82) is 0 Å². The maximum Gasteiger partial charge on any atom is 0.272 e. The third-order valence-electron chi connectivity index (χ3n) is 2.15. The zero-order valence-electron chi connectivity index (χ0n) is 9.07. The molecule has 0 aliphatic rings. The smallest absolute Gasteiger partial charge is 0.272 e. The van der Waals surface area contributed by atoms with Gasteiger partial charge in [-0.2, -0.15) is 0 Å². The summed E-state index contributed by atoms with van der Waals surface area (Å²) in [4.78, 5) is 9.74. The van der Waals surface area contributed by atoms with Crippen LogP contribution in [0.5, 0.6) is 0 Å². The molecule has 1 atom stereocenters. The topological polar surface area (TPSA) is 64.4 Å². The van der Waals surface area contributed by atoms with Crippen LogP contribution in [0.15, 0.2) is 18.2 Å². The maximum atomic E-state index is 13.4. The predicted octanol–water partition coefficient (Wildman–Crippen LogP) is 2.18. The second-order valence-corrected chi connectivity index (χ2v) is 3.35. The molecule has 0 aliphatic carbocycles. The molecule has 0 radical (unpaired) electrons. The van der Waals surface area contributed by atoms with Crippen molar-refractivity contribution in [3.63, 3.8) is 0 Å². The van der Waals surface area contributed by atoms with Crippen LogP contribution in [-0.2, 0) is 4.74 Å². The Morgan fingerprint density at radius 2 is 2.31 bits per heavy atom. The highest BCUT2D eigenvalue weighted by Crippen LogP contribution is 2.20. The Bertz CT molecular complexity index is 384. The predicted molar refractivity (Wildman–Crippen MR) is 58.0 cm³/mol. The van der Waals surface area contributed by atoms with Gasteiger partial charge in [0.15, 0.2) is 5.82 Å². The summed E-state index contributed by atoms with van der Waals surface area (Å²) >= 11 is 0. The molecular formula is C10H13FN2O3. The number of hydrogen-bond donors (Lipinski definition) is 1. The van der Waals surface area contributed by atoms with Gasteiger partial charge in [-0.05, 0) is 13.0 Å². The number of hydrogen-bond acceptors (Lipinski definition) is 4. The van der Waals surface area contributed by atoms with Crippen molar-refractivity contribution in [2.24, 2.45) is 0 Å². The number of ether oxygens (including phenoxy) is 1. The van der Waals surface area contributed by atoms with Crippen molar-refractivity contribution in [3.8, 4) is 0 Å². The van der Waals surface area contributed by atoms with Gasteiger partial charge in [-0.3, -0.25) is 10.1 Å². The van der Waals surface area contributed by atoms with Gasteiger partial charge in [0.1, 0.15) is 0 Å². The molecule has 0 saturated heterocycles. The summed E-state index contributed by atoms with van der Waals surface area (Å²) in [6.45, 7) is 2.27. The average molecular weight is 228 g/mol. The zero-order valence-corrected chi connectivity index (χ0v) is 9.07. The summed E-state index contributed by atoms with van der Waals surface area (Å²) in [7, 11) is 1.55. The third kappa shape index (κ3) is 3.16. The van der Waals surface area contributed by atoms with Gasteiger partial charge in [-0.1, -0.05) is 0 Å². The SMILES string of the molecule is COC(C)CNc1ccc([N+](=O)[O-])cc1F. The molecule has 0 saturated carbocycles. The summed E-state index contributed by atoms with van der Waals surface area (Å²) in [6, 6.07) is 3.48. The number of benzene rings is 1. The van der Waals surface area contributed by atoms with E-state index < -0.39 is 10.7 Å². The molecule has 6 heteroatoms. The van der Waals surface area contributed by atoms with E-state index >= 15 is 0 Å². The highest BCUT2D eigenvalue weighted by Gasteiger charge is 2.10. The first-order chi connectivity index (χ1) is 7.54. The van der Waals surface area contributed by atoms with Gasteiger partial charge >= 0.3 is 0 Å². The van der Waals surface area contributed by atoms with Crippen molar-refractivity contribution in [2.75, 3.05) is 19.0 Å². The van der Waals surface area contributed by atoms with Crippen molar-refractivity contribution in [1.82, 2.24) is 0 Å². The summed E-state index contributed by atoms with van der Waals surface area (Å²) in [5.74, 6) is -0.641. The lowest BCUT2D eigenvalue weighted by Gasteiger charge is -2.12. The Labute approximate surface area is 92.4 Å². The van der Waals surface area contributed by atoms with Crippen molar-refractivity contribution in [3.05, 3.63) is 34.1 Å². The molecule has 16 heavy (non-hydrogen) atoms. The largest absolute Gasteiger partial charge is 0.380 e. The lowest BCUT2D eigenvalue weighted by Crippen LogP contribution is -2.18. The molecule has 0 aromatic heterocycles. The monoisotopic (exact) mass is 228 g/mol. The minimum Gasteiger partial charge on any atom is -0.380 e. The van der Waals surface area contributed by atoms with Crippen LogP contribution in [0, 0.1) is 15.9 Å². The lowest BCUT2D eigenvalue weighted by atomic mass is 10.2. The van der Waals surface area contributed by atoms with E-state index in [0.29, 0.717) is 6.54 Å². The fourth-order valence-electron chi connectivity index (χ4n) is 1.10. The minimum atomic E-state index is -0.641. The van der Waals surface area contributed by atoms with Crippen molar-refractivity contribution in [2.45, 2.75) is 13.0 Å². The summed E-state index contributed by atoms with van der Waals surface area (Å²) < 4.78 is 18.3.